The van der Waals surface area contributed by atoms with Crippen LogP contribution in [0.3, 0.4) is 0 Å². The summed E-state index contributed by atoms with van der Waals surface area (Å²) in [4.78, 5) is 39.4. The van der Waals surface area contributed by atoms with Crippen LogP contribution >= 0.6 is 22.9 Å². The van der Waals surface area contributed by atoms with Crippen LogP contribution in [0.15, 0.2) is 53.9 Å². The maximum absolute atomic E-state index is 12.4. The lowest BCUT2D eigenvalue weighted by molar-refractivity contribution is -0.161. The van der Waals surface area contributed by atoms with E-state index in [4.69, 9.17) is 10.1 Å². The molecule has 10 nitrogen and oxygen atoms in total. The Kier molecular flexibility index (Phi) is 10.5. The average Bonchev–Trinajstić information content (AvgIpc) is 3.71. The van der Waals surface area contributed by atoms with Crippen LogP contribution in [0.5, 0.6) is 0 Å². The molecule has 242 valence electrons. The highest BCUT2D eigenvalue weighted by atomic mass is 32.1. The summed E-state index contributed by atoms with van der Waals surface area (Å²) in [7, 11) is 0. The smallest absolute Gasteiger partial charge is 0.317 e. The van der Waals surface area contributed by atoms with E-state index in [1.165, 1.54) is 21.4 Å². The Hall–Kier alpha value is -3.48. The normalized spacial score (nSPS) is 27.0. The number of carboxylic acids is 2. The van der Waals surface area contributed by atoms with Crippen molar-refractivity contribution in [2.45, 2.75) is 51.9 Å². The van der Waals surface area contributed by atoms with Gasteiger partial charge in [-0.15, -0.1) is 11.3 Å². The lowest BCUT2D eigenvalue weighted by atomic mass is 9.57. The predicted molar refractivity (Wildman–Crippen MR) is 180 cm³/mol. The zero-order valence-corrected chi connectivity index (χ0v) is 27.3. The number of rotatable bonds is 8. The van der Waals surface area contributed by atoms with Gasteiger partial charge in [0.25, 0.3) is 0 Å². The number of amides is 2. The molecule has 2 unspecified atom stereocenters. The third kappa shape index (κ3) is 7.67. The van der Waals surface area contributed by atoms with Gasteiger partial charge in [0, 0.05) is 31.6 Å². The summed E-state index contributed by atoms with van der Waals surface area (Å²) in [6.07, 6.45) is 9.12. The van der Waals surface area contributed by atoms with Crippen molar-refractivity contribution in [2.75, 3.05) is 42.9 Å². The fourth-order valence-electron chi connectivity index (χ4n) is 7.24. The summed E-state index contributed by atoms with van der Waals surface area (Å²) < 4.78 is 5.96. The van der Waals surface area contributed by atoms with Gasteiger partial charge in [0.15, 0.2) is 0 Å². The van der Waals surface area contributed by atoms with Gasteiger partial charge in [-0.3, -0.25) is 19.8 Å². The molecule has 5 N–H and O–H groups in total. The Morgan fingerprint density at radius 3 is 2.40 bits per heavy atom. The standard InChI is InChI=1S/C28H37N3O4S.C5H6N2OS/c1-27(25(32)33)12-4-13-28(19-27,26(34)35)21-9-7-20(8-10-21)11-14-30-15-17-31(18-16-30)24-22-5-2-3-6-23(22)36-29-24;6-5(8)7-4-2-1-3-9-4/h2-6,12,20-21H,7-11,13-19H2,1H3,(H,32,33)(H,34,35);1-3H,(H3,6,7,8). The van der Waals surface area contributed by atoms with Crippen molar-refractivity contribution in [2.24, 2.45) is 28.4 Å². The van der Waals surface area contributed by atoms with E-state index in [-0.39, 0.29) is 12.3 Å². The summed E-state index contributed by atoms with van der Waals surface area (Å²) >= 11 is 3.01. The third-order valence-electron chi connectivity index (χ3n) is 9.84. The number of carbonyl (C=O) groups is 3. The number of nitrogens with one attached hydrogen (secondary N) is 1. The van der Waals surface area contributed by atoms with Crippen LogP contribution in [0.4, 0.5) is 15.6 Å². The monoisotopic (exact) mass is 653 g/mol. The van der Waals surface area contributed by atoms with E-state index >= 15 is 0 Å². The van der Waals surface area contributed by atoms with Crippen LogP contribution in [0.2, 0.25) is 0 Å². The average molecular weight is 654 g/mol. The molecule has 3 aromatic rings. The Bertz CT molecular complexity index is 1490. The first kappa shape index (κ1) is 32.9. The quantitative estimate of drug-likeness (QED) is 0.205. The van der Waals surface area contributed by atoms with E-state index in [1.807, 2.05) is 11.4 Å². The number of aliphatic carboxylic acids is 2. The van der Waals surface area contributed by atoms with Crippen LogP contribution in [-0.4, -0.2) is 70.2 Å². The van der Waals surface area contributed by atoms with Crippen molar-refractivity contribution >= 4 is 61.7 Å². The van der Waals surface area contributed by atoms with Gasteiger partial charge in [0.1, 0.15) is 5.82 Å². The summed E-state index contributed by atoms with van der Waals surface area (Å²) in [6, 6.07) is 11.6. The van der Waals surface area contributed by atoms with Crippen molar-refractivity contribution in [3.8, 4) is 0 Å². The molecular weight excluding hydrogens is 611 g/mol. The van der Waals surface area contributed by atoms with E-state index in [0.717, 1.165) is 75.6 Å². The summed E-state index contributed by atoms with van der Waals surface area (Å²) in [6.45, 7) is 6.83. The molecule has 1 saturated carbocycles. The summed E-state index contributed by atoms with van der Waals surface area (Å²) in [5.74, 6) is 0.0378. The van der Waals surface area contributed by atoms with E-state index in [2.05, 4.69) is 39.4 Å². The first-order valence-corrected chi connectivity index (χ1v) is 17.3. The van der Waals surface area contributed by atoms with Gasteiger partial charge in [0.05, 0.1) is 20.5 Å². The first-order chi connectivity index (χ1) is 21.6. The first-order valence-electron chi connectivity index (χ1n) is 15.7. The summed E-state index contributed by atoms with van der Waals surface area (Å²) in [5.41, 5.74) is 2.79. The Labute approximate surface area is 272 Å². The Balaban J connectivity index is 0.000000383. The van der Waals surface area contributed by atoms with Gasteiger partial charge in [-0.2, -0.15) is 4.37 Å². The number of nitrogens with two attached hydrogens (primary N) is 1. The molecule has 0 radical (unpaired) electrons. The molecule has 6 rings (SSSR count). The van der Waals surface area contributed by atoms with Gasteiger partial charge in [-0.1, -0.05) is 37.1 Å². The zero-order valence-electron chi connectivity index (χ0n) is 25.7. The molecule has 0 bridgehead atoms. The highest BCUT2D eigenvalue weighted by molar-refractivity contribution is 7.14. The third-order valence-corrected chi connectivity index (χ3v) is 11.4. The van der Waals surface area contributed by atoms with Crippen LogP contribution in [0, 0.1) is 22.7 Å². The molecule has 3 heterocycles. The van der Waals surface area contributed by atoms with Gasteiger partial charge in [-0.25, -0.2) is 4.79 Å². The van der Waals surface area contributed by atoms with Crippen molar-refractivity contribution in [1.29, 1.82) is 0 Å². The second-order valence-electron chi connectivity index (χ2n) is 12.8. The predicted octanol–water partition coefficient (Wildman–Crippen LogP) is 6.37. The van der Waals surface area contributed by atoms with Gasteiger partial charge in [0.2, 0.25) is 0 Å². The van der Waals surface area contributed by atoms with Gasteiger partial charge in [-0.05, 0) is 98.6 Å². The molecule has 1 aliphatic heterocycles. The van der Waals surface area contributed by atoms with Crippen molar-refractivity contribution in [1.82, 2.24) is 9.27 Å². The van der Waals surface area contributed by atoms with Crippen LogP contribution in [0.25, 0.3) is 10.1 Å². The Morgan fingerprint density at radius 2 is 1.76 bits per heavy atom. The van der Waals surface area contributed by atoms with E-state index in [0.29, 0.717) is 12.3 Å². The van der Waals surface area contributed by atoms with E-state index in [9.17, 15) is 24.6 Å². The minimum Gasteiger partial charge on any atom is -0.481 e. The molecule has 3 aliphatic rings. The molecule has 2 aromatic heterocycles. The highest BCUT2D eigenvalue weighted by Crippen LogP contribution is 2.52. The number of hydrogen-bond donors (Lipinski definition) is 4. The number of anilines is 2. The largest absolute Gasteiger partial charge is 0.481 e. The second kappa shape index (κ2) is 14.3. The molecule has 2 atom stereocenters. The highest BCUT2D eigenvalue weighted by Gasteiger charge is 2.53. The van der Waals surface area contributed by atoms with Gasteiger partial charge < -0.3 is 20.8 Å². The molecule has 1 aromatic carbocycles. The number of hydrogen-bond acceptors (Lipinski definition) is 8. The maximum atomic E-state index is 12.4. The van der Waals surface area contributed by atoms with E-state index in [1.54, 1.807) is 36.7 Å². The number of thiophene rings is 1. The molecule has 2 fully saturated rings. The fraction of sp³-hybridized carbons (Fsp3) is 0.515. The lowest BCUT2D eigenvalue weighted by Gasteiger charge is -2.46. The number of carboxylic acid groups (broad SMARTS) is 2. The minimum atomic E-state index is -1.10. The second-order valence-corrected chi connectivity index (χ2v) is 14.5. The molecule has 1 saturated heterocycles. The molecule has 12 heteroatoms. The molecule has 0 spiro atoms. The molecule has 2 amide bonds. The van der Waals surface area contributed by atoms with Crippen LogP contribution in [0.1, 0.15) is 51.9 Å². The number of fused-ring (bicyclic) bond motifs is 1. The number of allylic oxidation sites excluding steroid dienone is 1. The number of carbonyl (C=O) groups excluding carboxylic acids is 1. The topological polar surface area (TPSA) is 149 Å². The van der Waals surface area contributed by atoms with Crippen molar-refractivity contribution in [3.63, 3.8) is 0 Å². The number of piperazine rings is 1. The fourth-order valence-corrected chi connectivity index (χ4v) is 8.65. The number of primary amides is 1. The minimum absolute atomic E-state index is 0.0475. The van der Waals surface area contributed by atoms with E-state index < -0.39 is 28.8 Å². The van der Waals surface area contributed by atoms with Crippen molar-refractivity contribution < 1.29 is 24.6 Å². The molecular formula is C33H43N5O5S2. The maximum Gasteiger partial charge on any atom is 0.317 e. The van der Waals surface area contributed by atoms with Crippen LogP contribution in [-0.2, 0) is 9.59 Å². The lowest BCUT2D eigenvalue weighted by Crippen LogP contribution is -2.48. The number of urea groups is 1. The molecule has 2 aliphatic carbocycles. The van der Waals surface area contributed by atoms with Crippen molar-refractivity contribution in [3.05, 3.63) is 53.9 Å². The SMILES string of the molecule is CC1(C(=O)O)C=CCC(C(=O)O)(C2CCC(CCN3CCN(c4nsc5ccccc45)CC3)CC2)C1.NC(=O)Nc1cccs1. The molecule has 45 heavy (non-hydrogen) atoms. The number of benzene rings is 1. The zero-order chi connectivity index (χ0) is 32.0. The summed E-state index contributed by atoms with van der Waals surface area (Å²) in [5, 5.41) is 26.3. The van der Waals surface area contributed by atoms with Crippen LogP contribution < -0.4 is 16.0 Å². The number of nitrogens with zero attached hydrogens (tertiary/aromatic N) is 3. The number of aromatic nitrogens is 1. The van der Waals surface area contributed by atoms with Gasteiger partial charge >= 0.3 is 18.0 Å². The Morgan fingerprint density at radius 1 is 1.02 bits per heavy atom.